The Bertz CT molecular complexity index is 375. The van der Waals surface area contributed by atoms with E-state index >= 15 is 0 Å². The van der Waals surface area contributed by atoms with Crippen LogP contribution in [0.4, 0.5) is 0 Å². The van der Waals surface area contributed by atoms with Crippen molar-refractivity contribution in [2.75, 3.05) is 0 Å². The summed E-state index contributed by atoms with van der Waals surface area (Å²) in [5, 5.41) is 0. The largest absolute Gasteiger partial charge is 0.257 e. The molecule has 1 aromatic rings. The number of aryl methyl sites for hydroxylation is 1. The molecule has 1 aromatic heterocycles. The first-order valence-corrected chi connectivity index (χ1v) is 5.19. The predicted octanol–water partition coefficient (Wildman–Crippen LogP) is 3.59. The molecule has 0 fully saturated rings. The summed E-state index contributed by atoms with van der Waals surface area (Å²) >= 11 is 0. The van der Waals surface area contributed by atoms with Gasteiger partial charge in [-0.3, -0.25) is 4.98 Å². The molecule has 1 aliphatic carbocycles. The lowest BCUT2D eigenvalue weighted by Crippen LogP contribution is -2.04. The number of hydrogen-bond donors (Lipinski definition) is 0. The van der Waals surface area contributed by atoms with Crippen molar-refractivity contribution in [3.63, 3.8) is 0 Å². The fraction of sp³-hybridized carbons (Fsp3) is 0.462. The highest BCUT2D eigenvalue weighted by Crippen LogP contribution is 2.40. The minimum absolute atomic E-state index is 0.431. The molecule has 0 spiro atoms. The van der Waals surface area contributed by atoms with Crippen molar-refractivity contribution in [3.8, 4) is 0 Å². The van der Waals surface area contributed by atoms with E-state index in [0.29, 0.717) is 5.41 Å². The molecule has 0 aliphatic heterocycles. The maximum atomic E-state index is 4.42. The highest BCUT2D eigenvalue weighted by molar-refractivity contribution is 5.65. The van der Waals surface area contributed by atoms with Crippen LogP contribution < -0.4 is 0 Å². The monoisotopic (exact) mass is 187 g/mol. The molecule has 0 atom stereocenters. The van der Waals surface area contributed by atoms with Crippen molar-refractivity contribution in [1.82, 2.24) is 4.98 Å². The van der Waals surface area contributed by atoms with E-state index in [0.717, 1.165) is 12.1 Å². The molecule has 2 rings (SSSR count). The van der Waals surface area contributed by atoms with Crippen LogP contribution in [0.2, 0.25) is 0 Å². The molecule has 0 radical (unpaired) electrons. The van der Waals surface area contributed by atoms with E-state index in [2.05, 4.69) is 37.9 Å². The summed E-state index contributed by atoms with van der Waals surface area (Å²) in [6.07, 6.45) is 6.57. The normalized spacial score (nSPS) is 19.5. The topological polar surface area (TPSA) is 12.9 Å². The molecule has 0 amide bonds. The number of rotatable bonds is 1. The summed E-state index contributed by atoms with van der Waals surface area (Å²) < 4.78 is 0. The second-order valence-electron chi connectivity index (χ2n) is 4.99. The highest BCUT2D eigenvalue weighted by atomic mass is 14.7. The SMILES string of the molecule is Cc1ccnc(C2=CCC(C)(C)C2)c1. The van der Waals surface area contributed by atoms with Crippen LogP contribution in [0.5, 0.6) is 0 Å². The zero-order valence-electron chi connectivity index (χ0n) is 9.17. The Morgan fingerprint density at radius 3 is 2.71 bits per heavy atom. The number of pyridine rings is 1. The van der Waals surface area contributed by atoms with Gasteiger partial charge in [0.05, 0.1) is 5.69 Å². The molecule has 1 heteroatoms. The predicted molar refractivity (Wildman–Crippen MR) is 60.0 cm³/mol. The summed E-state index contributed by atoms with van der Waals surface area (Å²) in [7, 11) is 0. The standard InChI is InChI=1S/C13H17N/c1-10-5-7-14-12(8-10)11-4-6-13(2,3)9-11/h4-5,7-8H,6,9H2,1-3H3. The lowest BCUT2D eigenvalue weighted by Gasteiger charge is -2.16. The molecular weight excluding hydrogens is 170 g/mol. The van der Waals surface area contributed by atoms with E-state index in [1.807, 2.05) is 12.3 Å². The molecule has 0 unspecified atom stereocenters. The van der Waals surface area contributed by atoms with Gasteiger partial charge >= 0.3 is 0 Å². The molecule has 0 N–H and O–H groups in total. The summed E-state index contributed by atoms with van der Waals surface area (Å²) in [6.45, 7) is 6.74. The molecule has 1 heterocycles. The second-order valence-corrected chi connectivity index (χ2v) is 4.99. The zero-order chi connectivity index (χ0) is 10.2. The van der Waals surface area contributed by atoms with Gasteiger partial charge in [-0.1, -0.05) is 19.9 Å². The molecule has 0 bridgehead atoms. The summed E-state index contributed by atoms with van der Waals surface area (Å²) in [6, 6.07) is 4.22. The maximum Gasteiger partial charge on any atom is 0.0661 e. The van der Waals surface area contributed by atoms with Crippen molar-refractivity contribution in [3.05, 3.63) is 35.7 Å². The van der Waals surface area contributed by atoms with Gasteiger partial charge in [-0.25, -0.2) is 0 Å². The van der Waals surface area contributed by atoms with Gasteiger partial charge in [-0.15, -0.1) is 0 Å². The smallest absolute Gasteiger partial charge is 0.0661 e. The highest BCUT2D eigenvalue weighted by Gasteiger charge is 2.25. The number of aromatic nitrogens is 1. The first kappa shape index (κ1) is 9.45. The summed E-state index contributed by atoms with van der Waals surface area (Å²) in [5.74, 6) is 0. The average Bonchev–Trinajstić information content (AvgIpc) is 2.46. The average molecular weight is 187 g/mol. The third kappa shape index (κ3) is 1.87. The molecule has 1 aliphatic rings. The van der Waals surface area contributed by atoms with Gasteiger partial charge in [0.15, 0.2) is 0 Å². The first-order chi connectivity index (χ1) is 6.57. The Kier molecular flexibility index (Phi) is 2.18. The van der Waals surface area contributed by atoms with Crippen LogP contribution >= 0.6 is 0 Å². The second kappa shape index (κ2) is 3.23. The van der Waals surface area contributed by atoms with E-state index in [9.17, 15) is 0 Å². The van der Waals surface area contributed by atoms with E-state index in [-0.39, 0.29) is 0 Å². The third-order valence-electron chi connectivity index (χ3n) is 2.81. The quantitative estimate of drug-likeness (QED) is 0.654. The third-order valence-corrected chi connectivity index (χ3v) is 2.81. The van der Waals surface area contributed by atoms with Crippen LogP contribution in [0.3, 0.4) is 0 Å². The molecule has 1 nitrogen and oxygen atoms in total. The molecular formula is C13H17N. The van der Waals surface area contributed by atoms with Crippen LogP contribution in [-0.4, -0.2) is 4.98 Å². The van der Waals surface area contributed by atoms with Crippen LogP contribution in [0, 0.1) is 12.3 Å². The molecule has 74 valence electrons. The van der Waals surface area contributed by atoms with Crippen LogP contribution in [0.1, 0.15) is 37.9 Å². The van der Waals surface area contributed by atoms with Crippen molar-refractivity contribution >= 4 is 5.57 Å². The van der Waals surface area contributed by atoms with Gasteiger partial charge < -0.3 is 0 Å². The minimum Gasteiger partial charge on any atom is -0.257 e. The van der Waals surface area contributed by atoms with E-state index < -0.39 is 0 Å². The van der Waals surface area contributed by atoms with Gasteiger partial charge in [0.1, 0.15) is 0 Å². The van der Waals surface area contributed by atoms with Crippen molar-refractivity contribution in [2.24, 2.45) is 5.41 Å². The molecule has 14 heavy (non-hydrogen) atoms. The fourth-order valence-corrected chi connectivity index (χ4v) is 1.97. The Balaban J connectivity index is 2.26. The zero-order valence-corrected chi connectivity index (χ0v) is 9.17. The van der Waals surface area contributed by atoms with E-state index in [4.69, 9.17) is 0 Å². The van der Waals surface area contributed by atoms with Gasteiger partial charge in [0, 0.05) is 6.20 Å². The van der Waals surface area contributed by atoms with Crippen LogP contribution in [0.15, 0.2) is 24.4 Å². The Morgan fingerprint density at radius 2 is 2.14 bits per heavy atom. The van der Waals surface area contributed by atoms with Crippen molar-refractivity contribution in [2.45, 2.75) is 33.6 Å². The minimum atomic E-state index is 0.431. The van der Waals surface area contributed by atoms with Gasteiger partial charge in [-0.05, 0) is 48.4 Å². The maximum absolute atomic E-state index is 4.42. The number of nitrogens with zero attached hydrogens (tertiary/aromatic N) is 1. The van der Waals surface area contributed by atoms with Gasteiger partial charge in [0.25, 0.3) is 0 Å². The van der Waals surface area contributed by atoms with Gasteiger partial charge in [-0.2, -0.15) is 0 Å². The number of hydrogen-bond acceptors (Lipinski definition) is 1. The lowest BCUT2D eigenvalue weighted by molar-refractivity contribution is 0.403. The Labute approximate surface area is 85.9 Å². The molecule has 0 saturated carbocycles. The van der Waals surface area contributed by atoms with E-state index in [1.165, 1.54) is 17.6 Å². The van der Waals surface area contributed by atoms with E-state index in [1.54, 1.807) is 0 Å². The van der Waals surface area contributed by atoms with Crippen molar-refractivity contribution < 1.29 is 0 Å². The van der Waals surface area contributed by atoms with Crippen LogP contribution in [-0.2, 0) is 0 Å². The van der Waals surface area contributed by atoms with Crippen molar-refractivity contribution in [1.29, 1.82) is 0 Å². The Hall–Kier alpha value is -1.11. The fourth-order valence-electron chi connectivity index (χ4n) is 1.97. The summed E-state index contributed by atoms with van der Waals surface area (Å²) in [4.78, 5) is 4.42. The van der Waals surface area contributed by atoms with Gasteiger partial charge in [0.2, 0.25) is 0 Å². The molecule has 0 saturated heterocycles. The number of allylic oxidation sites excluding steroid dienone is 2. The molecule has 0 aromatic carbocycles. The Morgan fingerprint density at radius 1 is 1.36 bits per heavy atom. The lowest BCUT2D eigenvalue weighted by atomic mass is 9.89. The first-order valence-electron chi connectivity index (χ1n) is 5.19. The summed E-state index contributed by atoms with van der Waals surface area (Å²) in [5.41, 5.74) is 4.30. The van der Waals surface area contributed by atoms with Crippen LogP contribution in [0.25, 0.3) is 5.57 Å².